The van der Waals surface area contributed by atoms with E-state index in [-0.39, 0.29) is 12.5 Å². The molecule has 4 heteroatoms. The lowest BCUT2D eigenvalue weighted by molar-refractivity contribution is -0.137. The summed E-state index contributed by atoms with van der Waals surface area (Å²) < 4.78 is 5.51. The van der Waals surface area contributed by atoms with Crippen molar-refractivity contribution in [1.82, 2.24) is 10.2 Å². The zero-order valence-corrected chi connectivity index (χ0v) is 12.2. The number of hydrogen-bond acceptors (Lipinski definition) is 3. The Kier molecular flexibility index (Phi) is 6.02. The fourth-order valence-corrected chi connectivity index (χ4v) is 2.52. The summed E-state index contributed by atoms with van der Waals surface area (Å²) in [5.41, 5.74) is 1.24. The first-order valence-corrected chi connectivity index (χ1v) is 7.36. The summed E-state index contributed by atoms with van der Waals surface area (Å²) in [6, 6.07) is 10.6. The Morgan fingerprint density at radius 1 is 1.40 bits per heavy atom. The second-order valence-corrected chi connectivity index (χ2v) is 5.26. The molecule has 0 bridgehead atoms. The molecule has 1 aromatic carbocycles. The molecule has 0 aromatic heterocycles. The molecule has 1 aliphatic heterocycles. The highest BCUT2D eigenvalue weighted by atomic mass is 16.5. The Morgan fingerprint density at radius 3 is 2.95 bits per heavy atom. The number of benzene rings is 1. The van der Waals surface area contributed by atoms with E-state index >= 15 is 0 Å². The second-order valence-electron chi connectivity index (χ2n) is 5.26. The van der Waals surface area contributed by atoms with Crippen LogP contribution in [0.3, 0.4) is 0 Å². The van der Waals surface area contributed by atoms with Gasteiger partial charge < -0.3 is 15.0 Å². The van der Waals surface area contributed by atoms with E-state index in [0.717, 1.165) is 32.4 Å². The molecule has 4 nitrogen and oxygen atoms in total. The third-order valence-corrected chi connectivity index (χ3v) is 3.79. The van der Waals surface area contributed by atoms with Gasteiger partial charge in [-0.15, -0.1) is 0 Å². The summed E-state index contributed by atoms with van der Waals surface area (Å²) in [6.07, 6.45) is 3.07. The van der Waals surface area contributed by atoms with Crippen LogP contribution in [0.2, 0.25) is 0 Å². The third-order valence-electron chi connectivity index (χ3n) is 3.79. The molecule has 1 unspecified atom stereocenters. The predicted molar refractivity (Wildman–Crippen MR) is 79.6 cm³/mol. The molecule has 1 aliphatic rings. The van der Waals surface area contributed by atoms with Gasteiger partial charge in [0, 0.05) is 19.1 Å². The van der Waals surface area contributed by atoms with Gasteiger partial charge in [-0.1, -0.05) is 30.3 Å². The second kappa shape index (κ2) is 8.02. The number of ether oxygens (including phenoxy) is 1. The Morgan fingerprint density at radius 2 is 2.20 bits per heavy atom. The maximum absolute atomic E-state index is 12.0. The van der Waals surface area contributed by atoms with Crippen molar-refractivity contribution < 1.29 is 9.53 Å². The van der Waals surface area contributed by atoms with Gasteiger partial charge in [-0.05, 0) is 31.9 Å². The first-order chi connectivity index (χ1) is 9.79. The van der Waals surface area contributed by atoms with Gasteiger partial charge in [-0.2, -0.15) is 0 Å². The molecule has 20 heavy (non-hydrogen) atoms. The van der Waals surface area contributed by atoms with Gasteiger partial charge in [0.15, 0.2) is 0 Å². The molecule has 1 heterocycles. The van der Waals surface area contributed by atoms with E-state index in [1.165, 1.54) is 5.56 Å². The molecule has 1 aromatic rings. The Labute approximate surface area is 121 Å². The number of carbonyl (C=O) groups excluding carboxylic acids is 1. The van der Waals surface area contributed by atoms with Crippen LogP contribution in [-0.4, -0.2) is 50.2 Å². The molecule has 1 amide bonds. The summed E-state index contributed by atoms with van der Waals surface area (Å²) >= 11 is 0. The van der Waals surface area contributed by atoms with E-state index in [9.17, 15) is 4.79 Å². The van der Waals surface area contributed by atoms with Crippen LogP contribution in [0.15, 0.2) is 30.3 Å². The van der Waals surface area contributed by atoms with Crippen LogP contribution >= 0.6 is 0 Å². The molecule has 1 atom stereocenters. The molecule has 0 saturated carbocycles. The van der Waals surface area contributed by atoms with Crippen molar-refractivity contribution in [3.63, 3.8) is 0 Å². The summed E-state index contributed by atoms with van der Waals surface area (Å²) in [7, 11) is 1.95. The smallest absolute Gasteiger partial charge is 0.248 e. The number of rotatable bonds is 6. The molecular weight excluding hydrogens is 252 g/mol. The zero-order valence-electron chi connectivity index (χ0n) is 12.2. The van der Waals surface area contributed by atoms with E-state index in [4.69, 9.17) is 4.74 Å². The number of carbonyl (C=O) groups is 1. The fraction of sp³-hybridized carbons (Fsp3) is 0.562. The van der Waals surface area contributed by atoms with Crippen LogP contribution < -0.4 is 5.32 Å². The van der Waals surface area contributed by atoms with Gasteiger partial charge >= 0.3 is 0 Å². The van der Waals surface area contributed by atoms with Crippen LogP contribution in [0.25, 0.3) is 0 Å². The minimum atomic E-state index is 0.109. The molecule has 1 fully saturated rings. The Hall–Kier alpha value is -1.39. The average Bonchev–Trinajstić information content (AvgIpc) is 2.52. The number of likely N-dealkylation sites (N-methyl/N-ethyl adjacent to an activating group) is 1. The summed E-state index contributed by atoms with van der Waals surface area (Å²) in [6.45, 7) is 2.46. The summed E-state index contributed by atoms with van der Waals surface area (Å²) in [5.74, 6) is 0.109. The molecular formula is C16H24N2O2. The van der Waals surface area contributed by atoms with E-state index in [1.54, 1.807) is 0 Å². The maximum Gasteiger partial charge on any atom is 0.248 e. The van der Waals surface area contributed by atoms with Gasteiger partial charge in [0.25, 0.3) is 0 Å². The first kappa shape index (κ1) is 15.0. The lowest BCUT2D eigenvalue weighted by Crippen LogP contribution is -2.48. The average molecular weight is 276 g/mol. The summed E-state index contributed by atoms with van der Waals surface area (Å²) in [4.78, 5) is 14.0. The van der Waals surface area contributed by atoms with Crippen molar-refractivity contribution in [3.8, 4) is 0 Å². The number of likely N-dealkylation sites (tertiary alicyclic amines) is 1. The van der Waals surface area contributed by atoms with Crippen LogP contribution in [0.5, 0.6) is 0 Å². The van der Waals surface area contributed by atoms with Crippen molar-refractivity contribution >= 4 is 5.91 Å². The van der Waals surface area contributed by atoms with Gasteiger partial charge in [-0.3, -0.25) is 4.79 Å². The zero-order chi connectivity index (χ0) is 14.2. The Bertz CT molecular complexity index is 408. The topological polar surface area (TPSA) is 41.6 Å². The van der Waals surface area contributed by atoms with Crippen molar-refractivity contribution in [2.75, 3.05) is 33.4 Å². The number of hydrogen-bond donors (Lipinski definition) is 1. The number of piperidine rings is 1. The lowest BCUT2D eigenvalue weighted by atomic mass is 10.1. The predicted octanol–water partition coefficient (Wildman–Crippen LogP) is 1.46. The van der Waals surface area contributed by atoms with Crippen LogP contribution in [0, 0.1) is 0 Å². The van der Waals surface area contributed by atoms with Crippen LogP contribution in [0.1, 0.15) is 18.4 Å². The molecule has 0 spiro atoms. The van der Waals surface area contributed by atoms with Crippen molar-refractivity contribution in [1.29, 1.82) is 0 Å². The van der Waals surface area contributed by atoms with Crippen molar-refractivity contribution in [2.45, 2.75) is 25.3 Å². The number of amides is 1. The highest BCUT2D eigenvalue weighted by molar-refractivity contribution is 5.77. The molecule has 1 saturated heterocycles. The minimum Gasteiger partial charge on any atom is -0.371 e. The largest absolute Gasteiger partial charge is 0.371 e. The number of nitrogens with zero attached hydrogens (tertiary/aromatic N) is 1. The SMILES string of the molecule is CNC1CCCN(C(=O)COCCc2ccccc2)C1. The van der Waals surface area contributed by atoms with Gasteiger partial charge in [0.2, 0.25) is 5.91 Å². The van der Waals surface area contributed by atoms with Crippen LogP contribution in [0.4, 0.5) is 0 Å². The standard InChI is InChI=1S/C16H24N2O2/c1-17-15-8-5-10-18(12-15)16(19)13-20-11-9-14-6-3-2-4-7-14/h2-4,6-7,15,17H,5,8-13H2,1H3. The normalized spacial score (nSPS) is 19.1. The highest BCUT2D eigenvalue weighted by Crippen LogP contribution is 2.10. The molecule has 0 aliphatic carbocycles. The van der Waals surface area contributed by atoms with E-state index in [2.05, 4.69) is 17.4 Å². The Balaban J connectivity index is 1.65. The fourth-order valence-electron chi connectivity index (χ4n) is 2.52. The summed E-state index contributed by atoms with van der Waals surface area (Å²) in [5, 5.41) is 3.24. The monoisotopic (exact) mass is 276 g/mol. The molecule has 0 radical (unpaired) electrons. The van der Waals surface area contributed by atoms with E-state index < -0.39 is 0 Å². The first-order valence-electron chi connectivity index (χ1n) is 7.36. The quantitative estimate of drug-likeness (QED) is 0.800. The van der Waals surface area contributed by atoms with Gasteiger partial charge in [0.05, 0.1) is 6.61 Å². The highest BCUT2D eigenvalue weighted by Gasteiger charge is 2.22. The minimum absolute atomic E-state index is 0.109. The molecule has 2 rings (SSSR count). The molecule has 110 valence electrons. The maximum atomic E-state index is 12.0. The lowest BCUT2D eigenvalue weighted by Gasteiger charge is -2.32. The van der Waals surface area contributed by atoms with E-state index in [0.29, 0.717) is 12.6 Å². The van der Waals surface area contributed by atoms with Crippen molar-refractivity contribution in [3.05, 3.63) is 35.9 Å². The van der Waals surface area contributed by atoms with Gasteiger partial charge in [-0.25, -0.2) is 0 Å². The number of nitrogens with one attached hydrogen (secondary N) is 1. The van der Waals surface area contributed by atoms with Gasteiger partial charge in [0.1, 0.15) is 6.61 Å². The van der Waals surface area contributed by atoms with Crippen LogP contribution in [-0.2, 0) is 16.0 Å². The van der Waals surface area contributed by atoms with E-state index in [1.807, 2.05) is 30.1 Å². The van der Waals surface area contributed by atoms with Crippen molar-refractivity contribution in [2.24, 2.45) is 0 Å². The molecule has 1 N–H and O–H groups in total. The third kappa shape index (κ3) is 4.62.